The number of unbranched alkanes of at least 4 members (excludes halogenated alkanes) is 3. The molecule has 0 bridgehead atoms. The minimum Gasteiger partial charge on any atom is -0.392 e. The number of carbonyl (C=O) groups is 2. The van der Waals surface area contributed by atoms with Gasteiger partial charge in [0.1, 0.15) is 19.4 Å². The van der Waals surface area contributed by atoms with Gasteiger partial charge in [-0.1, -0.05) is 66.1 Å². The third-order valence-electron chi connectivity index (χ3n) is 6.47. The summed E-state index contributed by atoms with van der Waals surface area (Å²) in [6, 6.07) is 0. The van der Waals surface area contributed by atoms with Crippen LogP contribution < -0.4 is 0 Å². The molecule has 3 nitrogen and oxygen atoms in total. The first-order chi connectivity index (χ1) is 12.2. The zero-order chi connectivity index (χ0) is 19.7. The average Bonchev–Trinajstić information content (AvgIpc) is 2.85. The lowest BCUT2D eigenvalue weighted by Gasteiger charge is -2.28. The summed E-state index contributed by atoms with van der Waals surface area (Å²) in [5, 5.41) is 10.3. The Hall–Kier alpha value is -0.635. The predicted octanol–water partition coefficient (Wildman–Crippen LogP) is 4.37. The molecule has 26 heavy (non-hydrogen) atoms. The van der Waals surface area contributed by atoms with Gasteiger partial charge in [0.15, 0.2) is 0 Å². The summed E-state index contributed by atoms with van der Waals surface area (Å²) in [5.74, 6) is 0.993. The van der Waals surface area contributed by atoms with Crippen molar-refractivity contribution in [3.63, 3.8) is 0 Å². The standard InChI is InChI=1S/C22H41BO3/c1-5-16(2)15-22(3,4)21(26)12-11-18-17(19(24)14-20(18)25)10-8-6-7-9-13-23/h16-18,20,25H,5-15,23H2,1-4H3. The van der Waals surface area contributed by atoms with E-state index in [4.69, 9.17) is 0 Å². The fourth-order valence-electron chi connectivity index (χ4n) is 4.52. The average molecular weight is 364 g/mol. The van der Waals surface area contributed by atoms with Crippen molar-refractivity contribution in [2.75, 3.05) is 0 Å². The van der Waals surface area contributed by atoms with E-state index in [9.17, 15) is 14.7 Å². The lowest BCUT2D eigenvalue weighted by Crippen LogP contribution is -2.29. The van der Waals surface area contributed by atoms with Gasteiger partial charge in [0.2, 0.25) is 0 Å². The second-order valence-electron chi connectivity index (χ2n) is 9.27. The van der Waals surface area contributed by atoms with Crippen LogP contribution in [-0.2, 0) is 9.59 Å². The van der Waals surface area contributed by atoms with Crippen molar-refractivity contribution in [1.82, 2.24) is 0 Å². The lowest BCUT2D eigenvalue weighted by atomic mass is 9.76. The van der Waals surface area contributed by atoms with Crippen LogP contribution in [0.5, 0.6) is 0 Å². The predicted molar refractivity (Wildman–Crippen MR) is 111 cm³/mol. The molecule has 4 unspecified atom stereocenters. The highest BCUT2D eigenvalue weighted by Crippen LogP contribution is 2.38. The molecule has 0 radical (unpaired) electrons. The molecule has 0 heterocycles. The van der Waals surface area contributed by atoms with E-state index in [1.807, 2.05) is 13.8 Å². The Kier molecular flexibility index (Phi) is 10.1. The van der Waals surface area contributed by atoms with Gasteiger partial charge in [-0.15, -0.1) is 0 Å². The largest absolute Gasteiger partial charge is 0.392 e. The van der Waals surface area contributed by atoms with Crippen molar-refractivity contribution in [1.29, 1.82) is 0 Å². The molecular weight excluding hydrogens is 323 g/mol. The molecule has 4 atom stereocenters. The Balaban J connectivity index is 2.53. The van der Waals surface area contributed by atoms with Crippen molar-refractivity contribution in [3.8, 4) is 0 Å². The van der Waals surface area contributed by atoms with Gasteiger partial charge >= 0.3 is 0 Å². The van der Waals surface area contributed by atoms with E-state index in [1.165, 1.54) is 25.6 Å². The van der Waals surface area contributed by atoms with E-state index in [0.29, 0.717) is 18.8 Å². The summed E-state index contributed by atoms with van der Waals surface area (Å²) >= 11 is 0. The zero-order valence-corrected chi connectivity index (χ0v) is 17.9. The van der Waals surface area contributed by atoms with E-state index >= 15 is 0 Å². The topological polar surface area (TPSA) is 54.4 Å². The van der Waals surface area contributed by atoms with Crippen LogP contribution in [0.25, 0.3) is 0 Å². The number of hydrogen-bond acceptors (Lipinski definition) is 3. The maximum Gasteiger partial charge on any atom is 0.138 e. The van der Waals surface area contributed by atoms with Crippen molar-refractivity contribution in [2.24, 2.45) is 23.2 Å². The monoisotopic (exact) mass is 364 g/mol. The highest BCUT2D eigenvalue weighted by molar-refractivity contribution is 6.08. The quantitative estimate of drug-likeness (QED) is 0.390. The van der Waals surface area contributed by atoms with Gasteiger partial charge in [0.05, 0.1) is 6.10 Å². The van der Waals surface area contributed by atoms with Crippen LogP contribution in [0.3, 0.4) is 0 Å². The SMILES string of the molecule is BCCCCCCC1C(=O)CC(O)C1CCC(=O)C(C)(C)CC(C)CC. The number of ketones is 2. The van der Waals surface area contributed by atoms with Crippen LogP contribution in [-0.4, -0.2) is 30.6 Å². The molecule has 150 valence electrons. The number of hydrogen-bond donors (Lipinski definition) is 1. The molecule has 0 aromatic heterocycles. The van der Waals surface area contributed by atoms with Crippen molar-refractivity contribution in [2.45, 2.75) is 104 Å². The minimum atomic E-state index is -0.548. The van der Waals surface area contributed by atoms with E-state index in [2.05, 4.69) is 21.7 Å². The zero-order valence-electron chi connectivity index (χ0n) is 17.9. The van der Waals surface area contributed by atoms with Crippen molar-refractivity contribution >= 4 is 19.4 Å². The number of aliphatic hydroxyl groups is 1. The molecule has 0 amide bonds. The van der Waals surface area contributed by atoms with Gasteiger partial charge in [-0.2, -0.15) is 0 Å². The first kappa shape index (κ1) is 23.4. The molecule has 0 aliphatic heterocycles. The van der Waals surface area contributed by atoms with Crippen molar-refractivity contribution in [3.05, 3.63) is 0 Å². The molecule has 0 spiro atoms. The first-order valence-corrected chi connectivity index (χ1v) is 11.0. The summed E-state index contributed by atoms with van der Waals surface area (Å²) in [6.45, 7) is 8.45. The summed E-state index contributed by atoms with van der Waals surface area (Å²) in [4.78, 5) is 25.0. The van der Waals surface area contributed by atoms with Gasteiger partial charge in [0.25, 0.3) is 0 Å². The Morgan fingerprint density at radius 2 is 1.88 bits per heavy atom. The highest BCUT2D eigenvalue weighted by atomic mass is 16.3. The van der Waals surface area contributed by atoms with E-state index < -0.39 is 6.10 Å². The van der Waals surface area contributed by atoms with Gasteiger partial charge in [-0.3, -0.25) is 9.59 Å². The van der Waals surface area contributed by atoms with Crippen LogP contribution in [0, 0.1) is 23.2 Å². The Labute approximate surface area is 162 Å². The highest BCUT2D eigenvalue weighted by Gasteiger charge is 2.41. The smallest absolute Gasteiger partial charge is 0.138 e. The van der Waals surface area contributed by atoms with Crippen LogP contribution in [0.1, 0.15) is 91.9 Å². The Bertz CT molecular complexity index is 447. The van der Waals surface area contributed by atoms with Crippen LogP contribution in [0.15, 0.2) is 0 Å². The molecule has 1 N–H and O–H groups in total. The molecule has 0 saturated heterocycles. The first-order valence-electron chi connectivity index (χ1n) is 11.0. The summed E-state index contributed by atoms with van der Waals surface area (Å²) in [6.07, 6.45) is 9.71. The van der Waals surface area contributed by atoms with Crippen LogP contribution in [0.2, 0.25) is 6.32 Å². The van der Waals surface area contributed by atoms with Crippen LogP contribution in [0.4, 0.5) is 0 Å². The third-order valence-corrected chi connectivity index (χ3v) is 6.47. The summed E-state index contributed by atoms with van der Waals surface area (Å²) in [7, 11) is 2.20. The maximum atomic E-state index is 12.7. The Morgan fingerprint density at radius 1 is 1.23 bits per heavy atom. The maximum absolute atomic E-state index is 12.7. The fraction of sp³-hybridized carbons (Fsp3) is 0.909. The normalized spacial score (nSPS) is 24.8. The van der Waals surface area contributed by atoms with E-state index in [-0.39, 0.29) is 35.2 Å². The summed E-state index contributed by atoms with van der Waals surface area (Å²) < 4.78 is 0. The van der Waals surface area contributed by atoms with Gasteiger partial charge in [0, 0.05) is 24.2 Å². The minimum absolute atomic E-state index is 0.0166. The van der Waals surface area contributed by atoms with E-state index in [1.54, 1.807) is 0 Å². The van der Waals surface area contributed by atoms with Crippen molar-refractivity contribution < 1.29 is 14.7 Å². The van der Waals surface area contributed by atoms with Gasteiger partial charge in [-0.25, -0.2) is 0 Å². The second kappa shape index (κ2) is 11.3. The Morgan fingerprint density at radius 3 is 2.50 bits per heavy atom. The van der Waals surface area contributed by atoms with Crippen LogP contribution >= 0.6 is 0 Å². The molecule has 4 heteroatoms. The molecule has 1 rings (SSSR count). The summed E-state index contributed by atoms with van der Waals surface area (Å²) in [5.41, 5.74) is -0.307. The fourth-order valence-corrected chi connectivity index (χ4v) is 4.52. The molecule has 1 aliphatic carbocycles. The molecular formula is C22H41BO3. The molecule has 1 aliphatic rings. The molecule has 0 aromatic carbocycles. The van der Waals surface area contributed by atoms with Gasteiger partial charge in [-0.05, 0) is 31.1 Å². The number of Topliss-reactive ketones (excluding diaryl/α,β-unsaturated/α-hetero) is 2. The second-order valence-corrected chi connectivity index (χ2v) is 9.27. The molecule has 0 aromatic rings. The number of rotatable bonds is 13. The number of aliphatic hydroxyl groups excluding tert-OH is 1. The lowest BCUT2D eigenvalue weighted by molar-refractivity contribution is -0.129. The number of carbonyl (C=O) groups excluding carboxylic acids is 2. The van der Waals surface area contributed by atoms with Gasteiger partial charge < -0.3 is 5.11 Å². The third kappa shape index (κ3) is 7.17. The van der Waals surface area contributed by atoms with E-state index in [0.717, 1.165) is 25.7 Å². The molecule has 1 saturated carbocycles. The molecule has 1 fully saturated rings.